The van der Waals surface area contributed by atoms with Crippen LogP contribution in [0.2, 0.25) is 0 Å². The molecule has 7 nitrogen and oxygen atoms in total. The average Bonchev–Trinajstić information content (AvgIpc) is 2.75. The number of nitrogens with one attached hydrogen (secondary N) is 1. The molecule has 0 saturated heterocycles. The standard InChI is InChI=1S/C15H20N2O5/c1-9(11(3)18)8-12(19)10(2)16-13(20)6-7-17-14(21)4-5-15(17)22/h4-5,9-10H,6-8H2,1-3H3,(H,16,20)/t9-,10+/m1/s1. The molecule has 0 radical (unpaired) electrons. The third-order valence-corrected chi connectivity index (χ3v) is 3.52. The summed E-state index contributed by atoms with van der Waals surface area (Å²) >= 11 is 0. The number of ketones is 2. The molecule has 1 N–H and O–H groups in total. The maximum atomic E-state index is 11.9. The first kappa shape index (κ1) is 17.7. The van der Waals surface area contributed by atoms with Crippen LogP contribution in [0.3, 0.4) is 0 Å². The van der Waals surface area contributed by atoms with E-state index >= 15 is 0 Å². The van der Waals surface area contributed by atoms with Gasteiger partial charge in [0.15, 0.2) is 5.78 Å². The molecule has 1 rings (SSSR count). The molecule has 0 bridgehead atoms. The fourth-order valence-electron chi connectivity index (χ4n) is 1.88. The molecule has 3 amide bonds. The zero-order chi connectivity index (χ0) is 16.9. The molecule has 0 aromatic carbocycles. The summed E-state index contributed by atoms with van der Waals surface area (Å²) in [5, 5.41) is 2.51. The lowest BCUT2D eigenvalue weighted by molar-refractivity contribution is -0.137. The van der Waals surface area contributed by atoms with Crippen LogP contribution in [0.5, 0.6) is 0 Å². The van der Waals surface area contributed by atoms with E-state index in [-0.39, 0.29) is 36.9 Å². The molecule has 1 heterocycles. The van der Waals surface area contributed by atoms with Crippen LogP contribution in [0.15, 0.2) is 12.2 Å². The topological polar surface area (TPSA) is 101 Å². The van der Waals surface area contributed by atoms with Gasteiger partial charge in [-0.1, -0.05) is 6.92 Å². The monoisotopic (exact) mass is 308 g/mol. The van der Waals surface area contributed by atoms with Gasteiger partial charge in [-0.3, -0.25) is 28.9 Å². The lowest BCUT2D eigenvalue weighted by Crippen LogP contribution is -2.41. The predicted molar refractivity (Wildman–Crippen MR) is 77.6 cm³/mol. The Balaban J connectivity index is 2.38. The zero-order valence-corrected chi connectivity index (χ0v) is 12.9. The summed E-state index contributed by atoms with van der Waals surface area (Å²) in [7, 11) is 0. The van der Waals surface area contributed by atoms with Gasteiger partial charge >= 0.3 is 0 Å². The molecule has 0 aromatic heterocycles. The summed E-state index contributed by atoms with van der Waals surface area (Å²) in [6, 6.07) is -0.711. The Hall–Kier alpha value is -2.31. The maximum Gasteiger partial charge on any atom is 0.253 e. The SMILES string of the molecule is CC(=O)[C@H](C)CC(=O)[C@H](C)NC(=O)CCN1C(=O)C=CC1=O. The Morgan fingerprint density at radius 2 is 1.68 bits per heavy atom. The number of rotatable bonds is 8. The number of amides is 3. The second-order valence-electron chi connectivity index (χ2n) is 5.38. The third kappa shape index (κ3) is 4.91. The molecular formula is C15H20N2O5. The quantitative estimate of drug-likeness (QED) is 0.636. The smallest absolute Gasteiger partial charge is 0.253 e. The van der Waals surface area contributed by atoms with Crippen molar-refractivity contribution in [3.05, 3.63) is 12.2 Å². The molecule has 2 atom stereocenters. The van der Waals surface area contributed by atoms with E-state index in [9.17, 15) is 24.0 Å². The summed E-state index contributed by atoms with van der Waals surface area (Å²) in [6.07, 6.45) is 2.30. The highest BCUT2D eigenvalue weighted by atomic mass is 16.2. The van der Waals surface area contributed by atoms with Crippen LogP contribution in [0.1, 0.15) is 33.6 Å². The molecule has 0 aliphatic carbocycles. The molecular weight excluding hydrogens is 288 g/mol. The molecule has 0 spiro atoms. The largest absolute Gasteiger partial charge is 0.347 e. The van der Waals surface area contributed by atoms with Gasteiger partial charge in [0.2, 0.25) is 5.91 Å². The van der Waals surface area contributed by atoms with Gasteiger partial charge in [-0.05, 0) is 13.8 Å². The number of hydrogen-bond donors (Lipinski definition) is 1. The first-order valence-corrected chi connectivity index (χ1v) is 7.08. The van der Waals surface area contributed by atoms with Crippen LogP contribution < -0.4 is 5.32 Å². The lowest BCUT2D eigenvalue weighted by Gasteiger charge is -2.16. The zero-order valence-electron chi connectivity index (χ0n) is 12.9. The van der Waals surface area contributed by atoms with Crippen LogP contribution in [-0.4, -0.2) is 46.8 Å². The Morgan fingerprint density at radius 1 is 1.14 bits per heavy atom. The lowest BCUT2D eigenvalue weighted by atomic mass is 9.98. The molecule has 120 valence electrons. The first-order chi connectivity index (χ1) is 10.2. The van der Waals surface area contributed by atoms with Crippen LogP contribution in [0.25, 0.3) is 0 Å². The maximum absolute atomic E-state index is 11.9. The fraction of sp³-hybridized carbons (Fsp3) is 0.533. The van der Waals surface area contributed by atoms with Gasteiger partial charge in [0.1, 0.15) is 5.78 Å². The Morgan fingerprint density at radius 3 is 2.18 bits per heavy atom. The van der Waals surface area contributed by atoms with Crippen molar-refractivity contribution in [1.29, 1.82) is 0 Å². The highest BCUT2D eigenvalue weighted by Gasteiger charge is 2.24. The second-order valence-corrected chi connectivity index (χ2v) is 5.38. The van der Waals surface area contributed by atoms with Crippen LogP contribution >= 0.6 is 0 Å². The van der Waals surface area contributed by atoms with E-state index in [1.165, 1.54) is 6.92 Å². The Labute approximate surface area is 128 Å². The van der Waals surface area contributed by atoms with Gasteiger partial charge in [-0.25, -0.2) is 0 Å². The van der Waals surface area contributed by atoms with Crippen LogP contribution in [-0.2, 0) is 24.0 Å². The van der Waals surface area contributed by atoms with Gasteiger partial charge in [0.05, 0.1) is 6.04 Å². The number of imide groups is 1. The number of carbonyl (C=O) groups excluding carboxylic acids is 5. The van der Waals surface area contributed by atoms with Crippen molar-refractivity contribution in [3.8, 4) is 0 Å². The van der Waals surface area contributed by atoms with Gasteiger partial charge in [-0.15, -0.1) is 0 Å². The fourth-order valence-corrected chi connectivity index (χ4v) is 1.88. The van der Waals surface area contributed by atoms with Crippen LogP contribution in [0.4, 0.5) is 0 Å². The normalized spacial score (nSPS) is 16.6. The summed E-state index contributed by atoms with van der Waals surface area (Å²) in [4.78, 5) is 58.3. The summed E-state index contributed by atoms with van der Waals surface area (Å²) in [5.41, 5.74) is 0. The predicted octanol–water partition coefficient (Wildman–Crippen LogP) is -0.00950. The van der Waals surface area contributed by atoms with E-state index in [0.29, 0.717) is 0 Å². The highest BCUT2D eigenvalue weighted by molar-refractivity contribution is 6.13. The van der Waals surface area contributed by atoms with E-state index in [1.54, 1.807) is 13.8 Å². The number of carbonyl (C=O) groups is 5. The minimum absolute atomic E-state index is 0.0265. The van der Waals surface area contributed by atoms with Crippen molar-refractivity contribution >= 4 is 29.3 Å². The minimum Gasteiger partial charge on any atom is -0.347 e. The Bertz CT molecular complexity index is 520. The summed E-state index contributed by atoms with van der Waals surface area (Å²) in [5.74, 6) is -2.01. The van der Waals surface area contributed by atoms with Crippen LogP contribution in [0, 0.1) is 5.92 Å². The first-order valence-electron chi connectivity index (χ1n) is 7.08. The highest BCUT2D eigenvalue weighted by Crippen LogP contribution is 2.07. The average molecular weight is 308 g/mol. The number of nitrogens with zero attached hydrogens (tertiary/aromatic N) is 1. The van der Waals surface area contributed by atoms with Crippen molar-refractivity contribution in [2.75, 3.05) is 6.54 Å². The molecule has 1 aliphatic rings. The van der Waals surface area contributed by atoms with Crippen molar-refractivity contribution in [2.24, 2.45) is 5.92 Å². The number of Topliss-reactive ketones (excluding diaryl/α,β-unsaturated/α-hetero) is 2. The van der Waals surface area contributed by atoms with E-state index in [4.69, 9.17) is 0 Å². The van der Waals surface area contributed by atoms with Crippen molar-refractivity contribution < 1.29 is 24.0 Å². The Kier molecular flexibility index (Phi) is 6.15. The molecule has 0 fully saturated rings. The van der Waals surface area contributed by atoms with E-state index < -0.39 is 23.8 Å². The minimum atomic E-state index is -0.711. The summed E-state index contributed by atoms with van der Waals surface area (Å²) < 4.78 is 0. The molecule has 0 aromatic rings. The van der Waals surface area contributed by atoms with E-state index in [1.807, 2.05) is 0 Å². The van der Waals surface area contributed by atoms with Gasteiger partial charge < -0.3 is 5.32 Å². The van der Waals surface area contributed by atoms with Crippen molar-refractivity contribution in [1.82, 2.24) is 10.2 Å². The number of hydrogen-bond acceptors (Lipinski definition) is 5. The van der Waals surface area contributed by atoms with E-state index in [0.717, 1.165) is 17.1 Å². The van der Waals surface area contributed by atoms with E-state index in [2.05, 4.69) is 5.32 Å². The molecule has 0 unspecified atom stereocenters. The second kappa shape index (κ2) is 7.63. The van der Waals surface area contributed by atoms with Gasteiger partial charge in [0.25, 0.3) is 11.8 Å². The third-order valence-electron chi connectivity index (χ3n) is 3.52. The van der Waals surface area contributed by atoms with Crippen molar-refractivity contribution in [3.63, 3.8) is 0 Å². The van der Waals surface area contributed by atoms with Gasteiger partial charge in [-0.2, -0.15) is 0 Å². The van der Waals surface area contributed by atoms with Crippen molar-refractivity contribution in [2.45, 2.75) is 39.7 Å². The molecule has 7 heteroatoms. The molecule has 1 aliphatic heterocycles. The van der Waals surface area contributed by atoms with Gasteiger partial charge in [0, 0.05) is 37.5 Å². The molecule has 22 heavy (non-hydrogen) atoms. The molecule has 0 saturated carbocycles. The summed E-state index contributed by atoms with van der Waals surface area (Å²) in [6.45, 7) is 4.59.